The van der Waals surface area contributed by atoms with E-state index in [1.807, 2.05) is 84.9 Å². The minimum atomic E-state index is -0.325. The summed E-state index contributed by atoms with van der Waals surface area (Å²) >= 11 is 0. The van der Waals surface area contributed by atoms with Gasteiger partial charge in [-0.3, -0.25) is 9.59 Å². The first kappa shape index (κ1) is 22.0. The number of carbonyl (C=O) groups excluding carboxylic acids is 1. The molecule has 0 aliphatic rings. The van der Waals surface area contributed by atoms with E-state index < -0.39 is 0 Å². The second-order valence-corrected chi connectivity index (χ2v) is 7.67. The molecule has 166 valence electrons. The maximum Gasteiger partial charge on any atom is 0.267 e. The molecule has 1 heterocycles. The number of nitrogens with zero attached hydrogens (tertiary/aromatic N) is 3. The Hall–Kier alpha value is -4.19. The van der Waals surface area contributed by atoms with Gasteiger partial charge >= 0.3 is 0 Å². The van der Waals surface area contributed by atoms with Crippen molar-refractivity contribution in [3.05, 3.63) is 119 Å². The van der Waals surface area contributed by atoms with Crippen LogP contribution in [0, 0.1) is 0 Å². The molecule has 0 fully saturated rings. The summed E-state index contributed by atoms with van der Waals surface area (Å²) in [6.45, 7) is 0.744. The Morgan fingerprint density at radius 3 is 2.09 bits per heavy atom. The van der Waals surface area contributed by atoms with Gasteiger partial charge in [-0.05, 0) is 29.3 Å². The van der Waals surface area contributed by atoms with Gasteiger partial charge in [0.05, 0.1) is 12.8 Å². The van der Waals surface area contributed by atoms with E-state index in [1.165, 1.54) is 10.7 Å². The molecule has 6 nitrogen and oxygen atoms in total. The van der Waals surface area contributed by atoms with E-state index in [0.717, 1.165) is 16.7 Å². The smallest absolute Gasteiger partial charge is 0.267 e. The zero-order valence-corrected chi connectivity index (χ0v) is 18.4. The summed E-state index contributed by atoms with van der Waals surface area (Å²) < 4.78 is 6.50. The maximum atomic E-state index is 13.3. The maximum absolute atomic E-state index is 13.3. The van der Waals surface area contributed by atoms with Crippen molar-refractivity contribution >= 4 is 5.91 Å². The lowest BCUT2D eigenvalue weighted by atomic mass is 10.1. The largest absolute Gasteiger partial charge is 0.497 e. The molecular weight excluding hydrogens is 414 g/mol. The molecular formula is C27H25N3O3. The predicted molar refractivity (Wildman–Crippen MR) is 128 cm³/mol. The zero-order chi connectivity index (χ0) is 23.0. The van der Waals surface area contributed by atoms with E-state index >= 15 is 0 Å². The lowest BCUT2D eigenvalue weighted by Gasteiger charge is -2.23. The highest BCUT2D eigenvalue weighted by Crippen LogP contribution is 2.21. The number of ether oxygens (including phenoxy) is 1. The molecule has 0 unspecified atom stereocenters. The van der Waals surface area contributed by atoms with Gasteiger partial charge in [-0.1, -0.05) is 72.8 Å². The van der Waals surface area contributed by atoms with Crippen molar-refractivity contribution in [3.63, 3.8) is 0 Å². The SMILES string of the molecule is COc1cccc(-c2ccc(=O)n(CC(=O)N(Cc3ccccc3)Cc3ccccc3)n2)c1. The monoisotopic (exact) mass is 439 g/mol. The highest BCUT2D eigenvalue weighted by Gasteiger charge is 2.17. The van der Waals surface area contributed by atoms with Gasteiger partial charge in [0.1, 0.15) is 12.3 Å². The quantitative estimate of drug-likeness (QED) is 0.414. The van der Waals surface area contributed by atoms with Crippen LogP contribution in [0.15, 0.2) is 102 Å². The summed E-state index contributed by atoms with van der Waals surface area (Å²) in [5.74, 6) is 0.514. The van der Waals surface area contributed by atoms with Crippen molar-refractivity contribution in [1.82, 2.24) is 14.7 Å². The van der Waals surface area contributed by atoms with Crippen molar-refractivity contribution in [3.8, 4) is 17.0 Å². The molecule has 1 aromatic heterocycles. The molecule has 0 spiro atoms. The first-order chi connectivity index (χ1) is 16.1. The van der Waals surface area contributed by atoms with Crippen LogP contribution >= 0.6 is 0 Å². The Bertz CT molecular complexity index is 1230. The number of carbonyl (C=O) groups is 1. The molecule has 33 heavy (non-hydrogen) atoms. The lowest BCUT2D eigenvalue weighted by molar-refractivity contribution is -0.133. The topological polar surface area (TPSA) is 64.4 Å². The van der Waals surface area contributed by atoms with E-state index in [4.69, 9.17) is 4.74 Å². The number of hydrogen-bond acceptors (Lipinski definition) is 4. The van der Waals surface area contributed by atoms with Crippen LogP contribution in [0.3, 0.4) is 0 Å². The number of hydrogen-bond donors (Lipinski definition) is 0. The Labute approximate surface area is 192 Å². The van der Waals surface area contributed by atoms with Crippen LogP contribution in [0.2, 0.25) is 0 Å². The molecule has 3 aromatic carbocycles. The van der Waals surface area contributed by atoms with Crippen LogP contribution in [0.4, 0.5) is 0 Å². The molecule has 0 radical (unpaired) electrons. The average molecular weight is 440 g/mol. The molecule has 4 rings (SSSR count). The Kier molecular flexibility index (Phi) is 6.95. The fourth-order valence-corrected chi connectivity index (χ4v) is 3.57. The molecule has 0 aliphatic heterocycles. The molecule has 6 heteroatoms. The number of methoxy groups -OCH3 is 1. The van der Waals surface area contributed by atoms with Gasteiger partial charge in [0.2, 0.25) is 5.91 Å². The van der Waals surface area contributed by atoms with E-state index in [9.17, 15) is 9.59 Å². The molecule has 4 aromatic rings. The predicted octanol–water partition coefficient (Wildman–Crippen LogP) is 4.15. The lowest BCUT2D eigenvalue weighted by Crippen LogP contribution is -2.36. The van der Waals surface area contributed by atoms with Crippen LogP contribution in [0.25, 0.3) is 11.3 Å². The van der Waals surface area contributed by atoms with Gasteiger partial charge in [-0.25, -0.2) is 4.68 Å². The highest BCUT2D eigenvalue weighted by atomic mass is 16.5. The van der Waals surface area contributed by atoms with Gasteiger partial charge in [0.25, 0.3) is 5.56 Å². The molecule has 0 saturated heterocycles. The fourth-order valence-electron chi connectivity index (χ4n) is 3.57. The normalized spacial score (nSPS) is 10.6. The standard InChI is InChI=1S/C27H25N3O3/c1-33-24-14-8-13-23(17-24)25-15-16-26(31)30(28-25)20-27(32)29(18-21-9-4-2-5-10-21)19-22-11-6-3-7-12-22/h2-17H,18-20H2,1H3. The number of aromatic nitrogens is 2. The fraction of sp³-hybridized carbons (Fsp3) is 0.148. The van der Waals surface area contributed by atoms with Gasteiger partial charge in [-0.15, -0.1) is 0 Å². The first-order valence-corrected chi connectivity index (χ1v) is 10.7. The van der Waals surface area contributed by atoms with Crippen molar-refractivity contribution in [2.24, 2.45) is 0 Å². The molecule has 0 aliphatic carbocycles. The van der Waals surface area contributed by atoms with E-state index in [2.05, 4.69) is 5.10 Å². The van der Waals surface area contributed by atoms with Crippen LogP contribution in [-0.2, 0) is 24.4 Å². The molecule has 0 N–H and O–H groups in total. The van der Waals surface area contributed by atoms with Crippen molar-refractivity contribution in [1.29, 1.82) is 0 Å². The summed E-state index contributed by atoms with van der Waals surface area (Å²) in [7, 11) is 1.60. The van der Waals surface area contributed by atoms with Crippen LogP contribution in [0.1, 0.15) is 11.1 Å². The Balaban J connectivity index is 1.59. The Morgan fingerprint density at radius 2 is 1.48 bits per heavy atom. The minimum Gasteiger partial charge on any atom is -0.497 e. The number of rotatable bonds is 8. The minimum absolute atomic E-state index is 0.143. The number of benzene rings is 3. The van der Waals surface area contributed by atoms with Gasteiger partial charge in [0, 0.05) is 24.7 Å². The van der Waals surface area contributed by atoms with E-state index in [-0.39, 0.29) is 18.0 Å². The van der Waals surface area contributed by atoms with Gasteiger partial charge in [0.15, 0.2) is 0 Å². The molecule has 0 atom stereocenters. The van der Waals surface area contributed by atoms with Gasteiger partial charge in [-0.2, -0.15) is 5.10 Å². The summed E-state index contributed by atoms with van der Waals surface area (Å²) in [4.78, 5) is 27.6. The second-order valence-electron chi connectivity index (χ2n) is 7.67. The van der Waals surface area contributed by atoms with Crippen LogP contribution in [-0.4, -0.2) is 27.7 Å². The Morgan fingerprint density at radius 1 is 0.848 bits per heavy atom. The second kappa shape index (κ2) is 10.4. The zero-order valence-electron chi connectivity index (χ0n) is 18.4. The summed E-state index contributed by atoms with van der Waals surface area (Å²) in [5, 5.41) is 4.46. The first-order valence-electron chi connectivity index (χ1n) is 10.7. The summed E-state index contributed by atoms with van der Waals surface area (Å²) in [5.41, 5.74) is 3.12. The third-order valence-electron chi connectivity index (χ3n) is 5.30. The van der Waals surface area contributed by atoms with Crippen molar-refractivity contribution < 1.29 is 9.53 Å². The van der Waals surface area contributed by atoms with Crippen molar-refractivity contribution in [2.45, 2.75) is 19.6 Å². The third kappa shape index (κ3) is 5.74. The van der Waals surface area contributed by atoms with E-state index in [1.54, 1.807) is 18.1 Å². The third-order valence-corrected chi connectivity index (χ3v) is 5.30. The van der Waals surface area contributed by atoms with E-state index in [0.29, 0.717) is 24.5 Å². The van der Waals surface area contributed by atoms with Crippen LogP contribution in [0.5, 0.6) is 5.75 Å². The molecule has 1 amide bonds. The average Bonchev–Trinajstić information content (AvgIpc) is 2.86. The molecule has 0 bridgehead atoms. The highest BCUT2D eigenvalue weighted by molar-refractivity contribution is 5.76. The summed E-state index contributed by atoms with van der Waals surface area (Å²) in [6.07, 6.45) is 0. The summed E-state index contributed by atoms with van der Waals surface area (Å²) in [6, 6.07) is 30.2. The van der Waals surface area contributed by atoms with Crippen molar-refractivity contribution in [2.75, 3.05) is 7.11 Å². The van der Waals surface area contributed by atoms with Crippen LogP contribution < -0.4 is 10.3 Å². The molecule has 0 saturated carbocycles. The number of amides is 1. The van der Waals surface area contributed by atoms with Gasteiger partial charge < -0.3 is 9.64 Å².